The normalized spacial score (nSPS) is 11.2. The van der Waals surface area contributed by atoms with Gasteiger partial charge < -0.3 is 10.1 Å². The molecule has 0 saturated carbocycles. The number of benzene rings is 3. The average Bonchev–Trinajstić information content (AvgIpc) is 2.79. The molecule has 0 aliphatic carbocycles. The first-order chi connectivity index (χ1) is 14.9. The van der Waals surface area contributed by atoms with Gasteiger partial charge >= 0.3 is 0 Å². The number of sulfonamides is 1. The van der Waals surface area contributed by atoms with Gasteiger partial charge in [-0.1, -0.05) is 55.5 Å². The van der Waals surface area contributed by atoms with Crippen LogP contribution in [0, 0.1) is 0 Å². The fourth-order valence-corrected chi connectivity index (χ4v) is 4.45. The van der Waals surface area contributed by atoms with Crippen molar-refractivity contribution in [3.63, 3.8) is 0 Å². The van der Waals surface area contributed by atoms with Crippen molar-refractivity contribution in [2.75, 3.05) is 19.0 Å². The third-order valence-corrected chi connectivity index (χ3v) is 6.39. The van der Waals surface area contributed by atoms with Gasteiger partial charge in [-0.15, -0.1) is 0 Å². The summed E-state index contributed by atoms with van der Waals surface area (Å²) in [4.78, 5) is 12.7. The second-order valence-electron chi connectivity index (χ2n) is 6.96. The van der Waals surface area contributed by atoms with Gasteiger partial charge in [0.1, 0.15) is 10.6 Å². The van der Waals surface area contributed by atoms with Crippen molar-refractivity contribution in [1.82, 2.24) is 4.72 Å². The number of carbonyl (C=O) groups excluding carboxylic acids is 1. The topological polar surface area (TPSA) is 84.5 Å². The molecule has 0 unspecified atom stereocenters. The number of para-hydroxylation sites is 1. The quantitative estimate of drug-likeness (QED) is 0.528. The summed E-state index contributed by atoms with van der Waals surface area (Å²) in [7, 11) is -2.47. The number of nitrogens with one attached hydrogen (secondary N) is 2. The summed E-state index contributed by atoms with van der Waals surface area (Å²) in [5.41, 5.74) is 2.96. The molecule has 7 heteroatoms. The maximum atomic E-state index is 12.9. The molecule has 3 aromatic carbocycles. The molecule has 0 aromatic heterocycles. The second kappa shape index (κ2) is 10.2. The number of aryl methyl sites for hydroxylation is 1. The molecule has 0 atom stereocenters. The number of ether oxygens (including phenoxy) is 1. The highest BCUT2D eigenvalue weighted by Gasteiger charge is 2.21. The first kappa shape index (κ1) is 22.5. The molecular weight excluding hydrogens is 412 g/mol. The lowest BCUT2D eigenvalue weighted by Gasteiger charge is -2.14. The number of carbonyl (C=O) groups is 1. The second-order valence-corrected chi connectivity index (χ2v) is 8.70. The molecule has 0 aliphatic rings. The van der Waals surface area contributed by atoms with Crippen LogP contribution >= 0.6 is 0 Å². The van der Waals surface area contributed by atoms with Crippen LogP contribution in [0.2, 0.25) is 0 Å². The number of hydrogen-bond donors (Lipinski definition) is 2. The van der Waals surface area contributed by atoms with E-state index < -0.39 is 10.0 Å². The molecule has 0 bridgehead atoms. The highest BCUT2D eigenvalue weighted by molar-refractivity contribution is 7.89. The molecule has 3 rings (SSSR count). The van der Waals surface area contributed by atoms with E-state index in [2.05, 4.69) is 10.0 Å². The van der Waals surface area contributed by atoms with Gasteiger partial charge in [0.15, 0.2) is 0 Å². The lowest BCUT2D eigenvalue weighted by molar-refractivity contribution is 0.102. The van der Waals surface area contributed by atoms with Crippen LogP contribution in [0.25, 0.3) is 0 Å². The maximum Gasteiger partial charge on any atom is 0.255 e. The molecule has 162 valence electrons. The van der Waals surface area contributed by atoms with Crippen molar-refractivity contribution in [2.24, 2.45) is 0 Å². The summed E-state index contributed by atoms with van der Waals surface area (Å²) in [6, 6.07) is 21.5. The Bertz CT molecular complexity index is 1150. The Hall–Kier alpha value is -3.16. The predicted molar refractivity (Wildman–Crippen MR) is 122 cm³/mol. The molecule has 0 heterocycles. The van der Waals surface area contributed by atoms with Crippen LogP contribution < -0.4 is 14.8 Å². The predicted octanol–water partition coefficient (Wildman–Crippen LogP) is 4.03. The largest absolute Gasteiger partial charge is 0.495 e. The molecule has 0 radical (unpaired) electrons. The molecular formula is C24H26N2O4S. The van der Waals surface area contributed by atoms with Crippen molar-refractivity contribution in [3.05, 3.63) is 89.5 Å². The molecule has 0 spiro atoms. The minimum atomic E-state index is -3.87. The van der Waals surface area contributed by atoms with Crippen molar-refractivity contribution in [3.8, 4) is 5.75 Å². The highest BCUT2D eigenvalue weighted by Crippen LogP contribution is 2.26. The third-order valence-electron chi connectivity index (χ3n) is 4.91. The average molecular weight is 439 g/mol. The zero-order valence-corrected chi connectivity index (χ0v) is 18.4. The van der Waals surface area contributed by atoms with E-state index in [1.165, 1.54) is 19.2 Å². The van der Waals surface area contributed by atoms with Crippen molar-refractivity contribution in [2.45, 2.75) is 24.7 Å². The summed E-state index contributed by atoms with van der Waals surface area (Å²) in [5.74, 6) is -0.206. The first-order valence-electron chi connectivity index (χ1n) is 10.1. The molecule has 0 aliphatic heterocycles. The fourth-order valence-electron chi connectivity index (χ4n) is 3.23. The van der Waals surface area contributed by atoms with Gasteiger partial charge in [-0.25, -0.2) is 13.1 Å². The Kier molecular flexibility index (Phi) is 7.44. The lowest BCUT2D eigenvalue weighted by atomic mass is 10.1. The number of anilines is 1. The molecule has 1 amide bonds. The monoisotopic (exact) mass is 438 g/mol. The van der Waals surface area contributed by atoms with Gasteiger partial charge in [-0.05, 0) is 48.2 Å². The van der Waals surface area contributed by atoms with E-state index in [1.54, 1.807) is 6.07 Å². The first-order valence-corrected chi connectivity index (χ1v) is 11.5. The highest BCUT2D eigenvalue weighted by atomic mass is 32.2. The van der Waals surface area contributed by atoms with E-state index >= 15 is 0 Å². The number of rotatable bonds is 9. The van der Waals surface area contributed by atoms with Crippen LogP contribution in [-0.2, 0) is 22.9 Å². The van der Waals surface area contributed by atoms with Crippen molar-refractivity contribution in [1.29, 1.82) is 0 Å². The SMILES string of the molecule is CCc1ccccc1NC(=O)c1ccc(OC)c(S(=O)(=O)NCCc2ccccc2)c1. The summed E-state index contributed by atoms with van der Waals surface area (Å²) in [6.07, 6.45) is 1.32. The summed E-state index contributed by atoms with van der Waals surface area (Å²) >= 11 is 0. The molecule has 3 aromatic rings. The molecule has 0 fully saturated rings. The van der Waals surface area contributed by atoms with Gasteiger partial charge in [-0.2, -0.15) is 0 Å². The Balaban J connectivity index is 1.79. The van der Waals surface area contributed by atoms with E-state index in [0.29, 0.717) is 12.1 Å². The van der Waals surface area contributed by atoms with E-state index in [4.69, 9.17) is 4.74 Å². The number of amides is 1. The summed E-state index contributed by atoms with van der Waals surface area (Å²) in [6.45, 7) is 2.24. The van der Waals surface area contributed by atoms with E-state index in [9.17, 15) is 13.2 Å². The Morgan fingerprint density at radius 1 is 0.968 bits per heavy atom. The fraction of sp³-hybridized carbons (Fsp3) is 0.208. The van der Waals surface area contributed by atoms with Crippen LogP contribution in [0.3, 0.4) is 0 Å². The van der Waals surface area contributed by atoms with Gasteiger partial charge in [0.05, 0.1) is 7.11 Å². The van der Waals surface area contributed by atoms with Gasteiger partial charge in [0, 0.05) is 17.8 Å². The van der Waals surface area contributed by atoms with Gasteiger partial charge in [-0.3, -0.25) is 4.79 Å². The third kappa shape index (κ3) is 5.71. The van der Waals surface area contributed by atoms with Crippen molar-refractivity contribution >= 4 is 21.6 Å². The minimum Gasteiger partial charge on any atom is -0.495 e. The summed E-state index contributed by atoms with van der Waals surface area (Å²) < 4.78 is 33.7. The smallest absolute Gasteiger partial charge is 0.255 e. The van der Waals surface area contributed by atoms with Crippen LogP contribution in [-0.4, -0.2) is 28.0 Å². The Morgan fingerprint density at radius 3 is 2.39 bits per heavy atom. The van der Waals surface area contributed by atoms with E-state index in [1.807, 2.05) is 61.5 Å². The zero-order chi connectivity index (χ0) is 22.3. The number of methoxy groups -OCH3 is 1. The lowest BCUT2D eigenvalue weighted by Crippen LogP contribution is -2.27. The Labute approximate surface area is 183 Å². The van der Waals surface area contributed by atoms with Crippen LogP contribution in [0.4, 0.5) is 5.69 Å². The van der Waals surface area contributed by atoms with Crippen LogP contribution in [0.5, 0.6) is 5.75 Å². The number of hydrogen-bond acceptors (Lipinski definition) is 4. The van der Waals surface area contributed by atoms with Crippen LogP contribution in [0.15, 0.2) is 77.7 Å². The van der Waals surface area contributed by atoms with Gasteiger partial charge in [0.25, 0.3) is 5.91 Å². The van der Waals surface area contributed by atoms with Crippen LogP contribution in [0.1, 0.15) is 28.4 Å². The molecule has 2 N–H and O–H groups in total. The summed E-state index contributed by atoms with van der Waals surface area (Å²) in [5, 5.41) is 2.86. The minimum absolute atomic E-state index is 0.0699. The molecule has 0 saturated heterocycles. The maximum absolute atomic E-state index is 12.9. The molecule has 31 heavy (non-hydrogen) atoms. The van der Waals surface area contributed by atoms with Gasteiger partial charge in [0.2, 0.25) is 10.0 Å². The Morgan fingerprint density at radius 2 is 1.68 bits per heavy atom. The molecule has 6 nitrogen and oxygen atoms in total. The van der Waals surface area contributed by atoms with Crippen molar-refractivity contribution < 1.29 is 17.9 Å². The zero-order valence-electron chi connectivity index (χ0n) is 17.6. The van der Waals surface area contributed by atoms with E-state index in [0.717, 1.165) is 17.5 Å². The standard InChI is InChI=1S/C24H26N2O4S/c1-3-19-11-7-8-12-21(19)26-24(27)20-13-14-22(30-2)23(17-20)31(28,29)25-16-15-18-9-5-4-6-10-18/h4-14,17,25H,3,15-16H2,1-2H3,(H,26,27). The van der Waals surface area contributed by atoms with E-state index in [-0.39, 0.29) is 28.7 Å².